The number of methoxy groups -OCH3 is 1. The van der Waals surface area contributed by atoms with Crippen LogP contribution in [0.1, 0.15) is 32.7 Å². The Labute approximate surface area is 194 Å². The van der Waals surface area contributed by atoms with Crippen molar-refractivity contribution in [3.8, 4) is 17.2 Å². The number of Topliss-reactive ketones (excluding diaryl/α,β-unsaturated/α-hetero) is 1. The number of morpholine rings is 1. The number of rotatable bonds is 7. The molecule has 182 valence electrons. The van der Waals surface area contributed by atoms with Gasteiger partial charge in [-0.05, 0) is 30.7 Å². The first kappa shape index (κ1) is 23.9. The third-order valence-corrected chi connectivity index (χ3v) is 5.69. The van der Waals surface area contributed by atoms with Gasteiger partial charge in [0.2, 0.25) is 0 Å². The van der Waals surface area contributed by atoms with Gasteiger partial charge in [0.25, 0.3) is 5.91 Å². The fourth-order valence-electron chi connectivity index (χ4n) is 4.04. The minimum atomic E-state index is -4.54. The van der Waals surface area contributed by atoms with Crippen LogP contribution >= 0.6 is 0 Å². The van der Waals surface area contributed by atoms with Gasteiger partial charge in [-0.3, -0.25) is 9.59 Å². The molecule has 0 aromatic heterocycles. The van der Waals surface area contributed by atoms with E-state index in [0.29, 0.717) is 29.9 Å². The van der Waals surface area contributed by atoms with Crippen LogP contribution in [-0.4, -0.2) is 68.9 Å². The first-order valence-electron chi connectivity index (χ1n) is 10.8. The fourth-order valence-corrected chi connectivity index (χ4v) is 4.04. The Hall–Kier alpha value is -3.27. The first-order chi connectivity index (χ1) is 16.2. The Kier molecular flexibility index (Phi) is 6.97. The molecule has 1 aliphatic carbocycles. The zero-order chi connectivity index (χ0) is 24.3. The van der Waals surface area contributed by atoms with E-state index in [2.05, 4.69) is 0 Å². The lowest BCUT2D eigenvalue weighted by molar-refractivity contribution is -0.153. The lowest BCUT2D eigenvalue weighted by Crippen LogP contribution is -2.47. The van der Waals surface area contributed by atoms with E-state index in [1.54, 1.807) is 18.2 Å². The topological polar surface area (TPSA) is 74.3 Å². The lowest BCUT2D eigenvalue weighted by Gasteiger charge is -2.33. The predicted octanol–water partition coefficient (Wildman–Crippen LogP) is 3.69. The average molecular weight is 479 g/mol. The van der Waals surface area contributed by atoms with Crippen LogP contribution in [0.4, 0.5) is 13.2 Å². The van der Waals surface area contributed by atoms with Crippen molar-refractivity contribution in [2.75, 3.05) is 40.0 Å². The quantitative estimate of drug-likeness (QED) is 0.603. The van der Waals surface area contributed by atoms with E-state index >= 15 is 0 Å². The molecule has 2 aromatic carbocycles. The van der Waals surface area contributed by atoms with E-state index < -0.39 is 24.8 Å². The van der Waals surface area contributed by atoms with Gasteiger partial charge in [0.15, 0.2) is 12.4 Å². The molecule has 0 N–H and O–H groups in total. The maximum atomic E-state index is 13.2. The summed E-state index contributed by atoms with van der Waals surface area (Å²) in [6.45, 7) is -0.663. The normalized spacial score (nSPS) is 17.9. The molecule has 1 aliphatic heterocycles. The molecule has 1 saturated heterocycles. The van der Waals surface area contributed by atoms with Crippen LogP contribution in [0.5, 0.6) is 17.2 Å². The van der Waals surface area contributed by atoms with Gasteiger partial charge in [0.1, 0.15) is 30.0 Å². The summed E-state index contributed by atoms with van der Waals surface area (Å²) in [6.07, 6.45) is -3.91. The Morgan fingerprint density at radius 3 is 2.74 bits per heavy atom. The maximum absolute atomic E-state index is 13.2. The zero-order valence-corrected chi connectivity index (χ0v) is 18.5. The van der Waals surface area contributed by atoms with E-state index in [1.807, 2.05) is 0 Å². The summed E-state index contributed by atoms with van der Waals surface area (Å²) in [5.74, 6) is 0.366. The van der Waals surface area contributed by atoms with Crippen molar-refractivity contribution in [1.29, 1.82) is 0 Å². The number of carbonyl (C=O) groups excluding carboxylic acids is 2. The van der Waals surface area contributed by atoms with Crippen LogP contribution in [0.3, 0.4) is 0 Å². The monoisotopic (exact) mass is 479 g/mol. The highest BCUT2D eigenvalue weighted by molar-refractivity contribution is 6.01. The van der Waals surface area contributed by atoms with Crippen LogP contribution in [0.25, 0.3) is 0 Å². The highest BCUT2D eigenvalue weighted by Crippen LogP contribution is 2.31. The number of fused-ring (bicyclic) bond motifs is 1. The van der Waals surface area contributed by atoms with Gasteiger partial charge in [-0.15, -0.1) is 0 Å². The van der Waals surface area contributed by atoms with Crippen molar-refractivity contribution >= 4 is 11.7 Å². The Bertz CT molecular complexity index is 1070. The predicted molar refractivity (Wildman–Crippen MR) is 115 cm³/mol. The standard InChI is InChI=1S/C24H24F3NO6/c1-31-15-5-8-22(34-14-24(25,26)27)19(11-15)23(30)28-9-10-32-16(12-28)13-33-21-4-2-3-17-18(21)6-7-20(17)29/h2-5,8,11,16H,6-7,9-10,12-14H2,1H3. The van der Waals surface area contributed by atoms with E-state index in [9.17, 15) is 22.8 Å². The number of ether oxygens (including phenoxy) is 4. The van der Waals surface area contributed by atoms with Gasteiger partial charge >= 0.3 is 6.18 Å². The summed E-state index contributed by atoms with van der Waals surface area (Å²) < 4.78 is 59.6. The summed E-state index contributed by atoms with van der Waals surface area (Å²) in [6, 6.07) is 9.42. The van der Waals surface area contributed by atoms with Crippen LogP contribution in [0, 0.1) is 0 Å². The molecule has 1 amide bonds. The molecule has 0 spiro atoms. The molecule has 0 saturated carbocycles. The summed E-state index contributed by atoms with van der Waals surface area (Å²) >= 11 is 0. The molecule has 34 heavy (non-hydrogen) atoms. The number of hydrogen-bond acceptors (Lipinski definition) is 6. The number of carbonyl (C=O) groups is 2. The molecule has 2 aromatic rings. The fraction of sp³-hybridized carbons (Fsp3) is 0.417. The molecular formula is C24H24F3NO6. The van der Waals surface area contributed by atoms with Crippen LogP contribution in [0.2, 0.25) is 0 Å². The van der Waals surface area contributed by atoms with Gasteiger partial charge in [-0.2, -0.15) is 13.2 Å². The second-order valence-electron chi connectivity index (χ2n) is 8.03. The van der Waals surface area contributed by atoms with Crippen molar-refractivity contribution in [2.24, 2.45) is 0 Å². The largest absolute Gasteiger partial charge is 0.497 e. The number of halogens is 3. The van der Waals surface area contributed by atoms with Crippen molar-refractivity contribution in [3.05, 3.63) is 53.1 Å². The number of amides is 1. The Balaban J connectivity index is 1.44. The summed E-state index contributed by atoms with van der Waals surface area (Å²) in [5.41, 5.74) is 1.52. The van der Waals surface area contributed by atoms with Gasteiger partial charge in [0.05, 0.1) is 25.8 Å². The van der Waals surface area contributed by atoms with Crippen molar-refractivity contribution in [2.45, 2.75) is 25.1 Å². The third-order valence-electron chi connectivity index (χ3n) is 5.69. The van der Waals surface area contributed by atoms with Gasteiger partial charge in [0, 0.05) is 24.1 Å². The zero-order valence-electron chi connectivity index (χ0n) is 18.5. The molecule has 10 heteroatoms. The third kappa shape index (κ3) is 5.44. The van der Waals surface area contributed by atoms with Gasteiger partial charge in [-0.25, -0.2) is 0 Å². The highest BCUT2D eigenvalue weighted by atomic mass is 19.4. The lowest BCUT2D eigenvalue weighted by atomic mass is 10.1. The van der Waals surface area contributed by atoms with Crippen LogP contribution < -0.4 is 14.2 Å². The van der Waals surface area contributed by atoms with E-state index in [-0.39, 0.29) is 43.4 Å². The van der Waals surface area contributed by atoms with Crippen LogP contribution in [-0.2, 0) is 11.2 Å². The molecule has 1 fully saturated rings. The molecule has 2 aliphatic rings. The van der Waals surface area contributed by atoms with Crippen molar-refractivity contribution in [1.82, 2.24) is 4.90 Å². The minimum Gasteiger partial charge on any atom is -0.497 e. The first-order valence-corrected chi connectivity index (χ1v) is 10.8. The van der Waals surface area contributed by atoms with E-state index in [4.69, 9.17) is 18.9 Å². The average Bonchev–Trinajstić information content (AvgIpc) is 3.22. The number of benzene rings is 2. The summed E-state index contributed by atoms with van der Waals surface area (Å²) in [5, 5.41) is 0. The number of nitrogens with zero attached hydrogens (tertiary/aromatic N) is 1. The SMILES string of the molecule is COc1ccc(OCC(F)(F)F)c(C(=O)N2CCOC(COc3cccc4c3CCC4=O)C2)c1. The molecule has 1 heterocycles. The Morgan fingerprint density at radius 1 is 1.15 bits per heavy atom. The molecular weight excluding hydrogens is 455 g/mol. The minimum absolute atomic E-state index is 0.0236. The second-order valence-corrected chi connectivity index (χ2v) is 8.03. The number of alkyl halides is 3. The molecule has 0 radical (unpaired) electrons. The van der Waals surface area contributed by atoms with Gasteiger partial charge in [-0.1, -0.05) is 12.1 Å². The highest BCUT2D eigenvalue weighted by Gasteiger charge is 2.32. The smallest absolute Gasteiger partial charge is 0.422 e. The molecule has 4 rings (SSSR count). The summed E-state index contributed by atoms with van der Waals surface area (Å²) in [4.78, 5) is 26.6. The van der Waals surface area contributed by atoms with E-state index in [0.717, 1.165) is 5.56 Å². The molecule has 1 unspecified atom stereocenters. The molecule has 1 atom stereocenters. The van der Waals surface area contributed by atoms with Crippen LogP contribution in [0.15, 0.2) is 36.4 Å². The van der Waals surface area contributed by atoms with E-state index in [1.165, 1.54) is 30.2 Å². The summed E-state index contributed by atoms with van der Waals surface area (Å²) in [7, 11) is 1.40. The Morgan fingerprint density at radius 2 is 1.97 bits per heavy atom. The molecule has 7 nitrogen and oxygen atoms in total. The molecule has 0 bridgehead atoms. The van der Waals surface area contributed by atoms with Gasteiger partial charge < -0.3 is 23.8 Å². The second kappa shape index (κ2) is 9.92. The van der Waals surface area contributed by atoms with Crippen molar-refractivity contribution < 1.29 is 41.7 Å². The maximum Gasteiger partial charge on any atom is 0.422 e. The number of hydrogen-bond donors (Lipinski definition) is 0. The van der Waals surface area contributed by atoms with Crippen molar-refractivity contribution in [3.63, 3.8) is 0 Å². The number of ketones is 1.